The van der Waals surface area contributed by atoms with Crippen LogP contribution < -0.4 is 5.73 Å². The van der Waals surface area contributed by atoms with Crippen molar-refractivity contribution in [2.75, 3.05) is 5.73 Å². The van der Waals surface area contributed by atoms with Crippen LogP contribution in [0, 0.1) is 17.0 Å². The zero-order valence-electron chi connectivity index (χ0n) is 10.8. The molecule has 0 aliphatic heterocycles. The predicted molar refractivity (Wildman–Crippen MR) is 66.9 cm³/mol. The number of hydrogen-bond donors (Lipinski definition) is 1. The van der Waals surface area contributed by atoms with Gasteiger partial charge in [-0.2, -0.15) is 0 Å². The van der Waals surface area contributed by atoms with Crippen molar-refractivity contribution in [3.63, 3.8) is 0 Å². The average Bonchev–Trinajstić information content (AvgIpc) is 2.37. The van der Waals surface area contributed by atoms with Gasteiger partial charge in [0.15, 0.2) is 11.6 Å². The minimum Gasteiger partial charge on any atom is -0.398 e. The fourth-order valence-electron chi connectivity index (χ4n) is 2.52. The van der Waals surface area contributed by atoms with Gasteiger partial charge >= 0.3 is 0 Å². The van der Waals surface area contributed by atoms with E-state index in [2.05, 4.69) is 0 Å². The van der Waals surface area contributed by atoms with Crippen LogP contribution >= 0.6 is 0 Å². The van der Waals surface area contributed by atoms with E-state index in [0.717, 1.165) is 12.1 Å². The summed E-state index contributed by atoms with van der Waals surface area (Å²) in [5.74, 6) is -5.12. The number of aldehydes is 1. The number of nitrogens with two attached hydrogens (primary N) is 1. The Bertz CT molecular complexity index is 595. The Kier molecular flexibility index (Phi) is 3.41. The molecule has 1 aromatic rings. The lowest BCUT2D eigenvalue weighted by Crippen LogP contribution is -2.39. The fourth-order valence-corrected chi connectivity index (χ4v) is 2.52. The summed E-state index contributed by atoms with van der Waals surface area (Å²) < 4.78 is 27.1. The van der Waals surface area contributed by atoms with E-state index in [1.54, 1.807) is 0 Å². The highest BCUT2D eigenvalue weighted by atomic mass is 19.2. The van der Waals surface area contributed by atoms with Gasteiger partial charge in [0, 0.05) is 29.5 Å². The normalized spacial score (nSPS) is 26.6. The molecule has 0 radical (unpaired) electrons. The zero-order valence-corrected chi connectivity index (χ0v) is 10.8. The molecular formula is C14H13F2NO3. The number of carbonyl (C=O) groups is 3. The molecule has 1 aliphatic carbocycles. The molecule has 0 atom stereocenters. The first-order valence-electron chi connectivity index (χ1n) is 6.04. The van der Waals surface area contributed by atoms with Gasteiger partial charge in [0.25, 0.3) is 0 Å². The van der Waals surface area contributed by atoms with E-state index in [1.165, 1.54) is 6.92 Å². The molecule has 0 unspecified atom stereocenters. The second kappa shape index (κ2) is 4.77. The zero-order chi connectivity index (χ0) is 15.1. The summed E-state index contributed by atoms with van der Waals surface area (Å²) in [5.41, 5.74) is 3.91. The molecule has 1 aromatic carbocycles. The van der Waals surface area contributed by atoms with Gasteiger partial charge in [0.2, 0.25) is 0 Å². The molecule has 0 saturated heterocycles. The molecule has 2 N–H and O–H groups in total. The largest absolute Gasteiger partial charge is 0.398 e. The lowest BCUT2D eigenvalue weighted by Gasteiger charge is -2.31. The van der Waals surface area contributed by atoms with Crippen LogP contribution in [0.3, 0.4) is 0 Å². The van der Waals surface area contributed by atoms with Gasteiger partial charge in [-0.15, -0.1) is 0 Å². The van der Waals surface area contributed by atoms with Crippen LogP contribution in [0.2, 0.25) is 0 Å². The van der Waals surface area contributed by atoms with E-state index in [-0.39, 0.29) is 18.5 Å². The van der Waals surface area contributed by atoms with Crippen LogP contribution in [0.15, 0.2) is 12.1 Å². The van der Waals surface area contributed by atoms with E-state index < -0.39 is 40.1 Å². The van der Waals surface area contributed by atoms with Crippen LogP contribution in [0.5, 0.6) is 0 Å². The van der Waals surface area contributed by atoms with Crippen molar-refractivity contribution in [3.05, 3.63) is 29.3 Å². The standard InChI is InChI=1S/C14H13F2NO3/c1-14(6-18)4-9(19)12(10(20)5-14)11-8(17)3-2-7(15)13(11)16/h2-3,6,12H,4-5,17H2,1H3. The summed E-state index contributed by atoms with van der Waals surface area (Å²) in [4.78, 5) is 35.1. The van der Waals surface area contributed by atoms with Gasteiger partial charge in [0.05, 0.1) is 0 Å². The Morgan fingerprint density at radius 1 is 1.25 bits per heavy atom. The van der Waals surface area contributed by atoms with Crippen molar-refractivity contribution in [2.45, 2.75) is 25.7 Å². The van der Waals surface area contributed by atoms with Gasteiger partial charge in [-0.3, -0.25) is 9.59 Å². The molecule has 20 heavy (non-hydrogen) atoms. The molecule has 2 rings (SSSR count). The molecule has 6 heteroatoms. The first-order valence-corrected chi connectivity index (χ1v) is 6.04. The number of halogens is 2. The Labute approximate surface area is 114 Å². The van der Waals surface area contributed by atoms with Gasteiger partial charge in [-0.05, 0) is 12.1 Å². The van der Waals surface area contributed by atoms with E-state index in [1.807, 2.05) is 0 Å². The second-order valence-electron chi connectivity index (χ2n) is 5.36. The van der Waals surface area contributed by atoms with Crippen LogP contribution in [-0.4, -0.2) is 17.9 Å². The van der Waals surface area contributed by atoms with E-state index in [4.69, 9.17) is 5.73 Å². The maximum Gasteiger partial charge on any atom is 0.165 e. The third-order valence-corrected chi connectivity index (χ3v) is 3.54. The summed E-state index contributed by atoms with van der Waals surface area (Å²) >= 11 is 0. The number of nitrogen functional groups attached to an aromatic ring is 1. The number of benzene rings is 1. The van der Waals surface area contributed by atoms with Crippen molar-refractivity contribution in [1.29, 1.82) is 0 Å². The smallest absolute Gasteiger partial charge is 0.165 e. The Hall–Kier alpha value is -2.11. The first kappa shape index (κ1) is 14.3. The van der Waals surface area contributed by atoms with Crippen molar-refractivity contribution in [1.82, 2.24) is 0 Å². The molecule has 4 nitrogen and oxygen atoms in total. The topological polar surface area (TPSA) is 77.2 Å². The summed E-state index contributed by atoms with van der Waals surface area (Å²) in [5, 5.41) is 0. The van der Waals surface area contributed by atoms with Crippen LogP contribution in [0.4, 0.5) is 14.5 Å². The van der Waals surface area contributed by atoms with Gasteiger partial charge in [-0.1, -0.05) is 6.92 Å². The molecule has 0 bridgehead atoms. The lowest BCUT2D eigenvalue weighted by atomic mass is 9.69. The average molecular weight is 281 g/mol. The minimum absolute atomic E-state index is 0.148. The number of Topliss-reactive ketones (excluding diaryl/α,β-unsaturated/α-hetero) is 2. The molecule has 0 amide bonds. The van der Waals surface area contributed by atoms with Gasteiger partial charge < -0.3 is 10.5 Å². The van der Waals surface area contributed by atoms with Crippen molar-refractivity contribution < 1.29 is 23.2 Å². The Morgan fingerprint density at radius 3 is 2.30 bits per heavy atom. The fraction of sp³-hybridized carbons (Fsp3) is 0.357. The van der Waals surface area contributed by atoms with Gasteiger partial charge in [0.1, 0.15) is 23.8 Å². The maximum absolute atomic E-state index is 13.8. The summed E-state index contributed by atoms with van der Waals surface area (Å²) in [6.07, 6.45) is 0.162. The van der Waals surface area contributed by atoms with Crippen molar-refractivity contribution in [2.24, 2.45) is 5.41 Å². The van der Waals surface area contributed by atoms with Crippen LogP contribution in [0.25, 0.3) is 0 Å². The molecule has 1 saturated carbocycles. The third kappa shape index (κ3) is 2.21. The molecule has 1 aliphatic rings. The third-order valence-electron chi connectivity index (χ3n) is 3.54. The van der Waals surface area contributed by atoms with Crippen molar-refractivity contribution in [3.8, 4) is 0 Å². The van der Waals surface area contributed by atoms with Crippen LogP contribution in [0.1, 0.15) is 31.2 Å². The van der Waals surface area contributed by atoms with E-state index >= 15 is 0 Å². The van der Waals surface area contributed by atoms with Gasteiger partial charge in [-0.25, -0.2) is 8.78 Å². The highest BCUT2D eigenvalue weighted by molar-refractivity contribution is 6.12. The molecular weight excluding hydrogens is 268 g/mol. The Balaban J connectivity index is 2.50. The molecule has 0 heterocycles. The lowest BCUT2D eigenvalue weighted by molar-refractivity contribution is -0.139. The quantitative estimate of drug-likeness (QED) is 0.509. The predicted octanol–water partition coefficient (Wildman–Crippen LogP) is 1.77. The Morgan fingerprint density at radius 2 is 1.80 bits per heavy atom. The highest BCUT2D eigenvalue weighted by Crippen LogP contribution is 2.39. The number of hydrogen-bond acceptors (Lipinski definition) is 4. The van der Waals surface area contributed by atoms with E-state index in [9.17, 15) is 23.2 Å². The minimum atomic E-state index is -1.43. The summed E-state index contributed by atoms with van der Waals surface area (Å²) in [6.45, 7) is 1.48. The summed E-state index contributed by atoms with van der Waals surface area (Å²) in [7, 11) is 0. The van der Waals surface area contributed by atoms with Crippen LogP contribution in [-0.2, 0) is 14.4 Å². The molecule has 106 valence electrons. The SMILES string of the molecule is CC1(C=O)CC(=O)C(c2c(N)ccc(F)c2F)C(=O)C1. The van der Waals surface area contributed by atoms with Crippen molar-refractivity contribution >= 4 is 23.5 Å². The molecule has 0 spiro atoms. The summed E-state index contributed by atoms with van der Waals surface area (Å²) in [6, 6.07) is 1.95. The highest BCUT2D eigenvalue weighted by Gasteiger charge is 2.44. The maximum atomic E-state index is 13.8. The number of anilines is 1. The number of rotatable bonds is 2. The number of ketones is 2. The molecule has 0 aromatic heterocycles. The number of carbonyl (C=O) groups excluding carboxylic acids is 3. The van der Waals surface area contributed by atoms with E-state index in [0.29, 0.717) is 6.29 Å². The monoisotopic (exact) mass is 281 g/mol. The second-order valence-corrected chi connectivity index (χ2v) is 5.36. The first-order chi connectivity index (χ1) is 9.29. The molecule has 1 fully saturated rings.